The first-order valence-corrected chi connectivity index (χ1v) is 6.09. The maximum atomic E-state index is 6.05. The van der Waals surface area contributed by atoms with Crippen LogP contribution in [0.3, 0.4) is 0 Å². The fraction of sp³-hybridized carbons (Fsp3) is 0.538. The zero-order valence-corrected chi connectivity index (χ0v) is 9.43. The Labute approximate surface area is 96.2 Å². The largest absolute Gasteiger partial charge is 0.489 e. The minimum Gasteiger partial charge on any atom is -0.489 e. The van der Waals surface area contributed by atoms with Crippen LogP contribution in [0.5, 0.6) is 5.75 Å². The van der Waals surface area contributed by atoms with Gasteiger partial charge >= 0.3 is 0 Å². The molecule has 0 amide bonds. The number of fused-ring (bicyclic) bond motifs is 1. The third-order valence-corrected chi connectivity index (χ3v) is 3.71. The van der Waals surface area contributed by atoms with Gasteiger partial charge in [0.1, 0.15) is 11.9 Å². The van der Waals surface area contributed by atoms with Crippen molar-refractivity contribution in [2.24, 2.45) is 0 Å². The highest BCUT2D eigenvalue weighted by Gasteiger charge is 2.38. The van der Waals surface area contributed by atoms with Gasteiger partial charge in [0.2, 0.25) is 0 Å². The minimum absolute atomic E-state index is 0.381. The second-order valence-corrected chi connectivity index (χ2v) is 4.76. The molecule has 2 aliphatic heterocycles. The summed E-state index contributed by atoms with van der Waals surface area (Å²) in [5, 5.41) is 0. The van der Waals surface area contributed by atoms with E-state index < -0.39 is 0 Å². The predicted octanol–water partition coefficient (Wildman–Crippen LogP) is 1.88. The van der Waals surface area contributed by atoms with Crippen molar-refractivity contribution in [3.8, 4) is 5.75 Å². The molecule has 2 aliphatic rings. The number of ether oxygens (including phenoxy) is 1. The van der Waals surface area contributed by atoms with E-state index >= 15 is 0 Å². The normalized spacial score (nSPS) is 29.2. The molecule has 0 aromatic heterocycles. The molecule has 0 spiro atoms. The lowest BCUT2D eigenvalue weighted by atomic mass is 10.1. The van der Waals surface area contributed by atoms with Gasteiger partial charge in [0.15, 0.2) is 0 Å². The van der Waals surface area contributed by atoms with Crippen LogP contribution >= 0.6 is 0 Å². The zero-order valence-electron chi connectivity index (χ0n) is 9.43. The Bertz CT molecular complexity index is 363. The Morgan fingerprint density at radius 2 is 1.94 bits per heavy atom. The van der Waals surface area contributed by atoms with Gasteiger partial charge in [-0.15, -0.1) is 0 Å². The molecule has 3 nitrogen and oxygen atoms in total. The second-order valence-electron chi connectivity index (χ2n) is 4.76. The van der Waals surface area contributed by atoms with Crippen LogP contribution in [0.15, 0.2) is 24.3 Å². The third-order valence-electron chi connectivity index (χ3n) is 3.71. The van der Waals surface area contributed by atoms with Crippen molar-refractivity contribution < 1.29 is 4.74 Å². The molecule has 0 aliphatic carbocycles. The topological polar surface area (TPSA) is 38.5 Å². The number of nitrogens with zero attached hydrogens (tertiary/aromatic N) is 1. The number of rotatable bonds is 2. The molecule has 1 aromatic rings. The molecular weight excluding hydrogens is 200 g/mol. The quantitative estimate of drug-likeness (QED) is 0.770. The molecular formula is C13H18N2O. The van der Waals surface area contributed by atoms with Crippen molar-refractivity contribution in [3.05, 3.63) is 24.3 Å². The first-order valence-electron chi connectivity index (χ1n) is 6.09. The van der Waals surface area contributed by atoms with Gasteiger partial charge in [0.05, 0.1) is 0 Å². The summed E-state index contributed by atoms with van der Waals surface area (Å²) in [6.45, 7) is 2.45. The number of benzene rings is 1. The Morgan fingerprint density at radius 1 is 1.12 bits per heavy atom. The lowest BCUT2D eigenvalue weighted by Gasteiger charge is -2.21. The van der Waals surface area contributed by atoms with Crippen molar-refractivity contribution in [2.45, 2.75) is 31.4 Å². The summed E-state index contributed by atoms with van der Waals surface area (Å²) in [7, 11) is 0. The van der Waals surface area contributed by atoms with Crippen LogP contribution in [0, 0.1) is 0 Å². The highest BCUT2D eigenvalue weighted by atomic mass is 16.5. The number of nitrogen functional groups attached to an aromatic ring is 1. The second kappa shape index (κ2) is 3.98. The predicted molar refractivity (Wildman–Crippen MR) is 64.5 cm³/mol. The van der Waals surface area contributed by atoms with Crippen LogP contribution in [0.25, 0.3) is 0 Å². The molecule has 2 fully saturated rings. The highest BCUT2D eigenvalue weighted by Crippen LogP contribution is 2.31. The molecule has 0 bridgehead atoms. The lowest BCUT2D eigenvalue weighted by Crippen LogP contribution is -2.32. The highest BCUT2D eigenvalue weighted by molar-refractivity contribution is 5.41. The van der Waals surface area contributed by atoms with Crippen molar-refractivity contribution in [1.82, 2.24) is 4.90 Å². The molecule has 2 heterocycles. The van der Waals surface area contributed by atoms with Crippen molar-refractivity contribution in [3.63, 3.8) is 0 Å². The molecule has 0 unspecified atom stereocenters. The van der Waals surface area contributed by atoms with Gasteiger partial charge in [0, 0.05) is 18.3 Å². The van der Waals surface area contributed by atoms with Gasteiger partial charge in [-0.2, -0.15) is 0 Å². The summed E-state index contributed by atoms with van der Waals surface area (Å²) < 4.78 is 6.05. The van der Waals surface area contributed by atoms with E-state index in [0.29, 0.717) is 12.1 Å². The average molecular weight is 218 g/mol. The van der Waals surface area contributed by atoms with E-state index in [1.54, 1.807) is 0 Å². The lowest BCUT2D eigenvalue weighted by molar-refractivity contribution is 0.159. The molecule has 3 rings (SSSR count). The van der Waals surface area contributed by atoms with Gasteiger partial charge in [-0.3, -0.25) is 4.90 Å². The van der Waals surface area contributed by atoms with E-state index in [4.69, 9.17) is 10.5 Å². The summed E-state index contributed by atoms with van der Waals surface area (Å²) in [5.74, 6) is 0.952. The number of nitrogens with two attached hydrogens (primary N) is 1. The van der Waals surface area contributed by atoms with Crippen molar-refractivity contribution in [1.29, 1.82) is 0 Å². The molecule has 0 saturated carbocycles. The maximum Gasteiger partial charge on any atom is 0.119 e. The number of hydrogen-bond donors (Lipinski definition) is 1. The van der Waals surface area contributed by atoms with Gasteiger partial charge in [0.25, 0.3) is 0 Å². The van der Waals surface area contributed by atoms with Crippen molar-refractivity contribution >= 4 is 5.69 Å². The van der Waals surface area contributed by atoms with Gasteiger partial charge < -0.3 is 10.5 Å². The standard InChI is InChI=1S/C13H18N2O/c14-10-3-5-11(6-4-10)16-13-7-9-15-8-1-2-12(13)15/h3-6,12-13H,1-2,7-9,14H2/t12-,13+/m0/s1. The molecule has 1 aromatic carbocycles. The Kier molecular flexibility index (Phi) is 2.48. The van der Waals surface area contributed by atoms with Crippen LogP contribution in [0.1, 0.15) is 19.3 Å². The monoisotopic (exact) mass is 218 g/mol. The summed E-state index contributed by atoms with van der Waals surface area (Å²) in [5.41, 5.74) is 6.45. The van der Waals surface area contributed by atoms with E-state index in [1.165, 1.54) is 25.9 Å². The first-order chi connectivity index (χ1) is 7.83. The molecule has 2 N–H and O–H groups in total. The van der Waals surface area contributed by atoms with Crippen LogP contribution in [-0.4, -0.2) is 30.1 Å². The smallest absolute Gasteiger partial charge is 0.119 e. The summed E-state index contributed by atoms with van der Waals surface area (Å²) >= 11 is 0. The summed E-state index contributed by atoms with van der Waals surface area (Å²) in [6, 6.07) is 8.38. The van der Waals surface area contributed by atoms with Crippen LogP contribution in [0.2, 0.25) is 0 Å². The maximum absolute atomic E-state index is 6.05. The molecule has 0 radical (unpaired) electrons. The van der Waals surface area contributed by atoms with E-state index in [1.807, 2.05) is 24.3 Å². The Morgan fingerprint density at radius 3 is 2.75 bits per heavy atom. The Balaban J connectivity index is 1.68. The Hall–Kier alpha value is -1.22. The van der Waals surface area contributed by atoms with E-state index in [-0.39, 0.29) is 0 Å². The molecule has 2 atom stereocenters. The molecule has 16 heavy (non-hydrogen) atoms. The fourth-order valence-corrected chi connectivity index (χ4v) is 2.89. The van der Waals surface area contributed by atoms with E-state index in [9.17, 15) is 0 Å². The molecule has 86 valence electrons. The van der Waals surface area contributed by atoms with E-state index in [0.717, 1.165) is 17.9 Å². The SMILES string of the molecule is Nc1ccc(O[C@@H]2CCN3CCC[C@@H]23)cc1. The van der Waals surface area contributed by atoms with E-state index in [2.05, 4.69) is 4.90 Å². The fourth-order valence-electron chi connectivity index (χ4n) is 2.89. The van der Waals surface area contributed by atoms with Gasteiger partial charge in [-0.05, 0) is 50.1 Å². The van der Waals surface area contributed by atoms with Gasteiger partial charge in [-0.25, -0.2) is 0 Å². The van der Waals surface area contributed by atoms with Crippen LogP contribution in [0.4, 0.5) is 5.69 Å². The van der Waals surface area contributed by atoms with Crippen LogP contribution in [-0.2, 0) is 0 Å². The molecule has 2 saturated heterocycles. The van der Waals surface area contributed by atoms with Crippen LogP contribution < -0.4 is 10.5 Å². The summed E-state index contributed by atoms with van der Waals surface area (Å²) in [6.07, 6.45) is 4.16. The summed E-state index contributed by atoms with van der Waals surface area (Å²) in [4.78, 5) is 2.56. The third kappa shape index (κ3) is 1.76. The first kappa shape index (κ1) is 9.97. The number of hydrogen-bond acceptors (Lipinski definition) is 3. The number of anilines is 1. The van der Waals surface area contributed by atoms with Gasteiger partial charge in [-0.1, -0.05) is 0 Å². The zero-order chi connectivity index (χ0) is 11.0. The molecule has 3 heteroatoms. The van der Waals surface area contributed by atoms with Crippen molar-refractivity contribution in [2.75, 3.05) is 18.8 Å². The minimum atomic E-state index is 0.381. The average Bonchev–Trinajstić information content (AvgIpc) is 2.86.